The number of nitrogens with zero attached hydrogens (tertiary/aromatic N) is 2. The van der Waals surface area contributed by atoms with Crippen LogP contribution < -0.4 is 9.47 Å². The third-order valence-corrected chi connectivity index (χ3v) is 5.40. The Labute approximate surface area is 153 Å². The van der Waals surface area contributed by atoms with E-state index in [1.54, 1.807) is 13.3 Å². The van der Waals surface area contributed by atoms with Crippen molar-refractivity contribution in [3.63, 3.8) is 0 Å². The fraction of sp³-hybridized carbons (Fsp3) is 0.429. The van der Waals surface area contributed by atoms with Gasteiger partial charge in [0.25, 0.3) is 0 Å². The van der Waals surface area contributed by atoms with Gasteiger partial charge in [0, 0.05) is 25.7 Å². The van der Waals surface area contributed by atoms with Gasteiger partial charge in [0.15, 0.2) is 5.78 Å². The summed E-state index contributed by atoms with van der Waals surface area (Å²) in [5.74, 6) is 1.73. The van der Waals surface area contributed by atoms with Crippen LogP contribution in [0.25, 0.3) is 0 Å². The molecule has 4 rings (SSSR count). The summed E-state index contributed by atoms with van der Waals surface area (Å²) in [4.78, 5) is 19.3. The molecule has 0 saturated carbocycles. The van der Waals surface area contributed by atoms with Crippen molar-refractivity contribution in [2.24, 2.45) is 0 Å². The smallest absolute Gasteiger partial charge is 0.170 e. The highest BCUT2D eigenvalue weighted by Gasteiger charge is 2.41. The SMILES string of the molecule is COc1cncc(CN2CCCC3(CC2)CC(=O)c2ccccc2O3)c1. The molecule has 1 spiro atoms. The summed E-state index contributed by atoms with van der Waals surface area (Å²) in [5.41, 5.74) is 1.51. The Morgan fingerprint density at radius 3 is 3.00 bits per heavy atom. The zero-order chi connectivity index (χ0) is 18.0. The maximum atomic E-state index is 12.6. The Morgan fingerprint density at radius 2 is 2.12 bits per heavy atom. The van der Waals surface area contributed by atoms with Crippen molar-refractivity contribution in [1.29, 1.82) is 0 Å². The van der Waals surface area contributed by atoms with Crippen molar-refractivity contribution >= 4 is 5.78 Å². The molecule has 0 aliphatic carbocycles. The van der Waals surface area contributed by atoms with Gasteiger partial charge in [-0.3, -0.25) is 14.7 Å². The van der Waals surface area contributed by atoms with Gasteiger partial charge >= 0.3 is 0 Å². The number of likely N-dealkylation sites (tertiary alicyclic amines) is 1. The predicted octanol–water partition coefficient (Wildman–Crippen LogP) is 3.48. The van der Waals surface area contributed by atoms with Crippen molar-refractivity contribution in [3.8, 4) is 11.5 Å². The van der Waals surface area contributed by atoms with Gasteiger partial charge < -0.3 is 9.47 Å². The maximum absolute atomic E-state index is 12.6. The van der Waals surface area contributed by atoms with Crippen LogP contribution in [0.4, 0.5) is 0 Å². The van der Waals surface area contributed by atoms with Gasteiger partial charge in [-0.05, 0) is 43.1 Å². The molecule has 26 heavy (non-hydrogen) atoms. The highest BCUT2D eigenvalue weighted by atomic mass is 16.5. The third-order valence-electron chi connectivity index (χ3n) is 5.40. The van der Waals surface area contributed by atoms with Crippen LogP contribution in [0.5, 0.6) is 11.5 Å². The van der Waals surface area contributed by atoms with E-state index in [1.807, 2.05) is 36.5 Å². The lowest BCUT2D eigenvalue weighted by molar-refractivity contribution is 0.0299. The van der Waals surface area contributed by atoms with Crippen LogP contribution in [0.2, 0.25) is 0 Å². The number of fused-ring (bicyclic) bond motifs is 1. The third kappa shape index (κ3) is 3.44. The van der Waals surface area contributed by atoms with Crippen LogP contribution in [-0.4, -0.2) is 41.5 Å². The number of rotatable bonds is 3. The second kappa shape index (κ2) is 7.08. The molecule has 5 heteroatoms. The Morgan fingerprint density at radius 1 is 1.23 bits per heavy atom. The molecule has 0 N–H and O–H groups in total. The van der Waals surface area contributed by atoms with Gasteiger partial charge in [-0.25, -0.2) is 0 Å². The summed E-state index contributed by atoms with van der Waals surface area (Å²) in [5, 5.41) is 0. The van der Waals surface area contributed by atoms with E-state index in [0.29, 0.717) is 6.42 Å². The van der Waals surface area contributed by atoms with Crippen molar-refractivity contribution < 1.29 is 14.3 Å². The molecule has 1 unspecified atom stereocenters. The van der Waals surface area contributed by atoms with Gasteiger partial charge in [-0.15, -0.1) is 0 Å². The minimum Gasteiger partial charge on any atom is -0.495 e. The van der Waals surface area contributed by atoms with Gasteiger partial charge in [0.1, 0.15) is 17.1 Å². The molecule has 2 aliphatic heterocycles. The largest absolute Gasteiger partial charge is 0.495 e. The van der Waals surface area contributed by atoms with Gasteiger partial charge in [0.05, 0.1) is 25.3 Å². The number of hydrogen-bond acceptors (Lipinski definition) is 5. The lowest BCUT2D eigenvalue weighted by Crippen LogP contribution is -2.42. The monoisotopic (exact) mass is 352 g/mol. The minimum atomic E-state index is -0.354. The quantitative estimate of drug-likeness (QED) is 0.846. The number of methoxy groups -OCH3 is 1. The summed E-state index contributed by atoms with van der Waals surface area (Å²) in [6.45, 7) is 2.75. The molecule has 1 atom stereocenters. The van der Waals surface area contributed by atoms with Gasteiger partial charge in [-0.2, -0.15) is 0 Å². The molecule has 2 aromatic rings. The first-order valence-corrected chi connectivity index (χ1v) is 9.19. The second-order valence-electron chi connectivity index (χ2n) is 7.24. The van der Waals surface area contributed by atoms with E-state index in [4.69, 9.17) is 9.47 Å². The minimum absolute atomic E-state index is 0.206. The van der Waals surface area contributed by atoms with Crippen molar-refractivity contribution in [2.75, 3.05) is 20.2 Å². The number of para-hydroxylation sites is 1. The van der Waals surface area contributed by atoms with Crippen LogP contribution >= 0.6 is 0 Å². The number of aromatic nitrogens is 1. The van der Waals surface area contributed by atoms with Crippen molar-refractivity contribution in [2.45, 2.75) is 37.8 Å². The molecule has 136 valence electrons. The van der Waals surface area contributed by atoms with E-state index < -0.39 is 0 Å². The molecule has 0 amide bonds. The highest BCUT2D eigenvalue weighted by Crippen LogP contribution is 2.39. The molecule has 0 radical (unpaired) electrons. The summed E-state index contributed by atoms with van der Waals surface area (Å²) >= 11 is 0. The normalized spacial score (nSPS) is 23.2. The van der Waals surface area contributed by atoms with Crippen LogP contribution in [0.3, 0.4) is 0 Å². The molecule has 1 aromatic carbocycles. The number of ketones is 1. The first-order valence-electron chi connectivity index (χ1n) is 9.19. The van der Waals surface area contributed by atoms with Crippen molar-refractivity contribution in [1.82, 2.24) is 9.88 Å². The van der Waals surface area contributed by atoms with Crippen LogP contribution in [-0.2, 0) is 6.54 Å². The summed E-state index contributed by atoms with van der Waals surface area (Å²) in [7, 11) is 1.66. The molecule has 0 bridgehead atoms. The van der Waals surface area contributed by atoms with Crippen molar-refractivity contribution in [3.05, 3.63) is 53.9 Å². The number of carbonyl (C=O) groups is 1. The highest BCUT2D eigenvalue weighted by molar-refractivity contribution is 6.00. The van der Waals surface area contributed by atoms with Gasteiger partial charge in [-0.1, -0.05) is 12.1 Å². The van der Waals surface area contributed by atoms with E-state index in [0.717, 1.165) is 61.5 Å². The lowest BCUT2D eigenvalue weighted by atomic mass is 9.84. The number of hydrogen-bond donors (Lipinski definition) is 0. The van der Waals surface area contributed by atoms with E-state index in [9.17, 15) is 4.79 Å². The fourth-order valence-corrected chi connectivity index (χ4v) is 4.02. The van der Waals surface area contributed by atoms with Crippen LogP contribution in [0.15, 0.2) is 42.7 Å². The average molecular weight is 352 g/mol. The summed E-state index contributed by atoms with van der Waals surface area (Å²) in [6.07, 6.45) is 6.90. The summed E-state index contributed by atoms with van der Waals surface area (Å²) < 4.78 is 11.6. The van der Waals surface area contributed by atoms with E-state index in [2.05, 4.69) is 9.88 Å². The number of ether oxygens (including phenoxy) is 2. The number of benzene rings is 1. The Kier molecular flexibility index (Phi) is 4.64. The zero-order valence-corrected chi connectivity index (χ0v) is 15.1. The zero-order valence-electron chi connectivity index (χ0n) is 15.1. The van der Waals surface area contributed by atoms with E-state index in [1.165, 1.54) is 0 Å². The molecule has 2 aliphatic rings. The number of Topliss-reactive ketones (excluding diaryl/α,β-unsaturated/α-hetero) is 1. The number of pyridine rings is 1. The maximum Gasteiger partial charge on any atom is 0.170 e. The Hall–Kier alpha value is -2.40. The standard InChI is InChI=1S/C21H24N2O3/c1-25-17-11-16(13-22-14-17)15-23-9-4-7-21(8-10-23)12-19(24)18-5-2-3-6-20(18)26-21/h2-3,5-6,11,13-14H,4,7-10,12,15H2,1H3. The number of carbonyl (C=O) groups excluding carboxylic acids is 1. The molecule has 1 saturated heterocycles. The molecule has 1 fully saturated rings. The topological polar surface area (TPSA) is 51.7 Å². The second-order valence-corrected chi connectivity index (χ2v) is 7.24. The van der Waals surface area contributed by atoms with E-state index >= 15 is 0 Å². The first-order chi connectivity index (χ1) is 12.7. The molecular weight excluding hydrogens is 328 g/mol. The molecule has 5 nitrogen and oxygen atoms in total. The van der Waals surface area contributed by atoms with Crippen LogP contribution in [0.1, 0.15) is 41.6 Å². The lowest BCUT2D eigenvalue weighted by Gasteiger charge is -2.37. The molecule has 1 aromatic heterocycles. The molecule has 3 heterocycles. The average Bonchev–Trinajstić information content (AvgIpc) is 2.84. The van der Waals surface area contributed by atoms with E-state index in [-0.39, 0.29) is 11.4 Å². The predicted molar refractivity (Wildman–Crippen MR) is 98.7 cm³/mol. The summed E-state index contributed by atoms with van der Waals surface area (Å²) in [6, 6.07) is 9.64. The Bertz CT molecular complexity index is 807. The van der Waals surface area contributed by atoms with Gasteiger partial charge in [0.2, 0.25) is 0 Å². The molecular formula is C21H24N2O3. The van der Waals surface area contributed by atoms with Crippen LogP contribution in [0, 0.1) is 0 Å². The fourth-order valence-electron chi connectivity index (χ4n) is 4.02. The Balaban J connectivity index is 1.46. The first kappa shape index (κ1) is 17.0.